The zero-order valence-electron chi connectivity index (χ0n) is 11.1. The third-order valence-corrected chi connectivity index (χ3v) is 3.53. The Morgan fingerprint density at radius 2 is 1.29 bits per heavy atom. The molecule has 6 heteroatoms. The molecule has 0 saturated carbocycles. The molecule has 0 N–H and O–H groups in total. The zero-order valence-corrected chi connectivity index (χ0v) is 12.0. The molecule has 0 aliphatic heterocycles. The van der Waals surface area contributed by atoms with Crippen molar-refractivity contribution in [3.8, 4) is 0 Å². The second kappa shape index (κ2) is 11.2. The van der Waals surface area contributed by atoms with Crippen molar-refractivity contribution in [2.45, 2.75) is 39.5 Å². The number of hydrogen-bond acceptors (Lipinski definition) is 5. The second-order valence-corrected chi connectivity index (χ2v) is 5.32. The molecular formula is C11H25O5P. The van der Waals surface area contributed by atoms with Crippen LogP contribution in [0.4, 0.5) is 0 Å². The molecule has 0 aromatic heterocycles. The van der Waals surface area contributed by atoms with Crippen LogP contribution in [0.2, 0.25) is 0 Å². The molecule has 17 heavy (non-hydrogen) atoms. The molecule has 0 amide bonds. The van der Waals surface area contributed by atoms with Gasteiger partial charge in [0.2, 0.25) is 0 Å². The monoisotopic (exact) mass is 268 g/mol. The largest absolute Gasteiger partial charge is 0.474 e. The first-order valence-electron chi connectivity index (χ1n) is 6.21. The number of phosphoric acid groups is 1. The van der Waals surface area contributed by atoms with E-state index in [-0.39, 0.29) is 6.61 Å². The molecule has 0 fully saturated rings. The highest BCUT2D eigenvalue weighted by atomic mass is 31.2. The lowest BCUT2D eigenvalue weighted by Crippen LogP contribution is -2.06. The minimum atomic E-state index is -3.39. The molecule has 104 valence electrons. The van der Waals surface area contributed by atoms with Crippen LogP contribution >= 0.6 is 7.82 Å². The molecule has 0 aromatic rings. The summed E-state index contributed by atoms with van der Waals surface area (Å²) in [5, 5.41) is 0. The second-order valence-electron chi connectivity index (χ2n) is 3.65. The molecule has 0 saturated heterocycles. The van der Waals surface area contributed by atoms with Crippen LogP contribution in [0.15, 0.2) is 0 Å². The van der Waals surface area contributed by atoms with Crippen LogP contribution in [0.3, 0.4) is 0 Å². The predicted octanol–water partition coefficient (Wildman–Crippen LogP) is 3.39. The van der Waals surface area contributed by atoms with Crippen molar-refractivity contribution in [2.24, 2.45) is 0 Å². The average Bonchev–Trinajstić information content (AvgIpc) is 2.30. The van der Waals surface area contributed by atoms with Gasteiger partial charge in [-0.15, -0.1) is 0 Å². The van der Waals surface area contributed by atoms with E-state index in [9.17, 15) is 4.57 Å². The van der Waals surface area contributed by atoms with E-state index in [0.29, 0.717) is 19.8 Å². The van der Waals surface area contributed by atoms with E-state index >= 15 is 0 Å². The Morgan fingerprint density at radius 1 is 0.824 bits per heavy atom. The topological polar surface area (TPSA) is 54.0 Å². The first kappa shape index (κ1) is 17.1. The standard InChI is InChI=1S/C11H25O5P/c1-4-6-8-14-17(12,15-9-7-5-2)16-11-10-13-3/h4-11H2,1-3H3. The Hall–Kier alpha value is 0.0700. The molecule has 0 aromatic carbocycles. The van der Waals surface area contributed by atoms with Crippen LogP contribution in [0.5, 0.6) is 0 Å². The first-order chi connectivity index (χ1) is 8.18. The van der Waals surface area contributed by atoms with Crippen LogP contribution in [0, 0.1) is 0 Å². The summed E-state index contributed by atoms with van der Waals surface area (Å²) in [6, 6.07) is 0. The highest BCUT2D eigenvalue weighted by molar-refractivity contribution is 7.48. The van der Waals surface area contributed by atoms with Gasteiger partial charge in [0.1, 0.15) is 0 Å². The van der Waals surface area contributed by atoms with Crippen molar-refractivity contribution in [3.63, 3.8) is 0 Å². The lowest BCUT2D eigenvalue weighted by atomic mass is 10.4. The molecule has 0 heterocycles. The van der Waals surface area contributed by atoms with E-state index in [4.69, 9.17) is 18.3 Å². The molecule has 5 nitrogen and oxygen atoms in total. The summed E-state index contributed by atoms with van der Waals surface area (Å²) in [6.45, 7) is 5.46. The van der Waals surface area contributed by atoms with Crippen molar-refractivity contribution in [2.75, 3.05) is 33.5 Å². The highest BCUT2D eigenvalue weighted by Crippen LogP contribution is 2.49. The Bertz CT molecular complexity index is 177. The van der Waals surface area contributed by atoms with E-state index in [1.807, 2.05) is 13.8 Å². The average molecular weight is 268 g/mol. The summed E-state index contributed by atoms with van der Waals surface area (Å²) < 4.78 is 32.5. The van der Waals surface area contributed by atoms with E-state index in [1.54, 1.807) is 7.11 Å². The Kier molecular flexibility index (Phi) is 11.2. The van der Waals surface area contributed by atoms with Crippen molar-refractivity contribution in [3.05, 3.63) is 0 Å². The van der Waals surface area contributed by atoms with Crippen LogP contribution in [-0.2, 0) is 22.9 Å². The van der Waals surface area contributed by atoms with Gasteiger partial charge in [0, 0.05) is 7.11 Å². The third-order valence-electron chi connectivity index (χ3n) is 2.03. The number of hydrogen-bond donors (Lipinski definition) is 0. The highest BCUT2D eigenvalue weighted by Gasteiger charge is 2.25. The van der Waals surface area contributed by atoms with Crippen molar-refractivity contribution >= 4 is 7.82 Å². The van der Waals surface area contributed by atoms with Crippen molar-refractivity contribution in [1.29, 1.82) is 0 Å². The summed E-state index contributed by atoms with van der Waals surface area (Å²) in [5.74, 6) is 0. The van der Waals surface area contributed by atoms with Gasteiger partial charge in [0.25, 0.3) is 0 Å². The quantitative estimate of drug-likeness (QED) is 0.401. The Labute approximate surface area is 104 Å². The molecule has 0 rings (SSSR count). The fourth-order valence-corrected chi connectivity index (χ4v) is 2.21. The smallest absolute Gasteiger partial charge is 0.382 e. The third kappa shape index (κ3) is 9.74. The minimum absolute atomic E-state index is 0.214. The first-order valence-corrected chi connectivity index (χ1v) is 7.67. The molecule has 0 spiro atoms. The van der Waals surface area contributed by atoms with Crippen molar-refractivity contribution < 1.29 is 22.9 Å². The van der Waals surface area contributed by atoms with Crippen LogP contribution in [-0.4, -0.2) is 33.5 Å². The maximum atomic E-state index is 12.1. The zero-order chi connectivity index (χ0) is 13.0. The van der Waals surface area contributed by atoms with Gasteiger partial charge in [-0.3, -0.25) is 13.6 Å². The van der Waals surface area contributed by atoms with Gasteiger partial charge >= 0.3 is 7.82 Å². The Morgan fingerprint density at radius 3 is 1.71 bits per heavy atom. The molecular weight excluding hydrogens is 243 g/mol. The normalized spacial score (nSPS) is 11.9. The summed E-state index contributed by atoms with van der Waals surface area (Å²) >= 11 is 0. The van der Waals surface area contributed by atoms with Crippen LogP contribution in [0.1, 0.15) is 39.5 Å². The molecule has 0 aliphatic rings. The summed E-state index contributed by atoms with van der Waals surface area (Å²) in [6.07, 6.45) is 3.64. The fraction of sp³-hybridized carbons (Fsp3) is 1.00. The molecule has 0 radical (unpaired) electrons. The van der Waals surface area contributed by atoms with Gasteiger partial charge in [-0.2, -0.15) is 0 Å². The van der Waals surface area contributed by atoms with E-state index < -0.39 is 7.82 Å². The number of phosphoric ester groups is 1. The van der Waals surface area contributed by atoms with Gasteiger partial charge < -0.3 is 4.74 Å². The van der Waals surface area contributed by atoms with Crippen molar-refractivity contribution in [1.82, 2.24) is 0 Å². The molecule has 0 aliphatic carbocycles. The van der Waals surface area contributed by atoms with Gasteiger partial charge in [0.05, 0.1) is 26.4 Å². The van der Waals surface area contributed by atoms with Gasteiger partial charge in [-0.25, -0.2) is 4.57 Å². The van der Waals surface area contributed by atoms with E-state index in [0.717, 1.165) is 25.7 Å². The maximum absolute atomic E-state index is 12.1. The fourth-order valence-electron chi connectivity index (χ4n) is 0.986. The Balaban J connectivity index is 4.00. The predicted molar refractivity (Wildman–Crippen MR) is 67.2 cm³/mol. The maximum Gasteiger partial charge on any atom is 0.474 e. The summed E-state index contributed by atoms with van der Waals surface area (Å²) in [5.41, 5.74) is 0. The SMILES string of the molecule is CCCCOP(=O)(OCCCC)OCCOC. The van der Waals surface area contributed by atoms with Gasteiger partial charge in [0.15, 0.2) is 0 Å². The number of rotatable bonds is 12. The molecule has 0 unspecified atom stereocenters. The number of methoxy groups -OCH3 is 1. The van der Waals surface area contributed by atoms with Gasteiger partial charge in [-0.05, 0) is 12.8 Å². The summed E-state index contributed by atoms with van der Waals surface area (Å²) in [7, 11) is -1.83. The minimum Gasteiger partial charge on any atom is -0.382 e. The summed E-state index contributed by atoms with van der Waals surface area (Å²) in [4.78, 5) is 0. The van der Waals surface area contributed by atoms with Crippen LogP contribution < -0.4 is 0 Å². The molecule has 0 atom stereocenters. The molecule has 0 bridgehead atoms. The number of unbranched alkanes of at least 4 members (excludes halogenated alkanes) is 2. The van der Waals surface area contributed by atoms with E-state index in [1.165, 1.54) is 0 Å². The lowest BCUT2D eigenvalue weighted by molar-refractivity contribution is 0.0819. The number of ether oxygens (including phenoxy) is 1. The van der Waals surface area contributed by atoms with Gasteiger partial charge in [-0.1, -0.05) is 26.7 Å². The van der Waals surface area contributed by atoms with E-state index in [2.05, 4.69) is 0 Å². The van der Waals surface area contributed by atoms with Crippen LogP contribution in [0.25, 0.3) is 0 Å². The lowest BCUT2D eigenvalue weighted by Gasteiger charge is -2.17.